The molecule has 0 saturated heterocycles. The zero-order valence-electron chi connectivity index (χ0n) is 8.20. The molecule has 0 aromatic rings. The van der Waals surface area contributed by atoms with Gasteiger partial charge in [-0.25, -0.2) is 0 Å². The van der Waals surface area contributed by atoms with Gasteiger partial charge in [0.15, 0.2) is 0 Å². The van der Waals surface area contributed by atoms with E-state index in [4.69, 9.17) is 0 Å². The highest BCUT2D eigenvalue weighted by Gasteiger charge is 1.71. The van der Waals surface area contributed by atoms with Crippen molar-refractivity contribution in [2.75, 3.05) is 20.1 Å². The van der Waals surface area contributed by atoms with Crippen LogP contribution in [0.1, 0.15) is 34.1 Å². The summed E-state index contributed by atoms with van der Waals surface area (Å²) in [6.45, 7) is 10.6. The molecule has 0 fully saturated rings. The first-order valence-corrected chi connectivity index (χ1v) is 4.20. The molecular weight excluding hydrogens is 124 g/mol. The minimum Gasteiger partial charge on any atom is -0.333 e. The minimum absolute atomic E-state index is 1.10. The van der Waals surface area contributed by atoms with Crippen LogP contribution in [0, 0.1) is 0 Å². The lowest BCUT2D eigenvalue weighted by atomic mass is 10.5. The highest BCUT2D eigenvalue weighted by Crippen LogP contribution is 1.65. The van der Waals surface area contributed by atoms with Crippen LogP contribution in [0.3, 0.4) is 0 Å². The Hall–Kier alpha value is -0.0800. The van der Waals surface area contributed by atoms with E-state index in [1.54, 1.807) is 0 Å². The van der Waals surface area contributed by atoms with Gasteiger partial charge in [-0.05, 0) is 26.6 Å². The lowest BCUT2D eigenvalue weighted by molar-refractivity contribution is 0.703. The number of hydrogen-bond donors (Lipinski definition) is 2. The normalized spacial score (nSPS) is 6.60. The largest absolute Gasteiger partial charge is 0.333 e. The summed E-state index contributed by atoms with van der Waals surface area (Å²) in [5, 5.41) is 3.20. The first-order chi connectivity index (χ1) is 4.91. The summed E-state index contributed by atoms with van der Waals surface area (Å²) in [7, 11) is 1.50. The van der Waals surface area contributed by atoms with Gasteiger partial charge in [0.25, 0.3) is 0 Å². The van der Waals surface area contributed by atoms with Crippen molar-refractivity contribution in [3.05, 3.63) is 0 Å². The molecule has 0 spiro atoms. The van der Waals surface area contributed by atoms with Crippen LogP contribution in [0.4, 0.5) is 0 Å². The fraction of sp³-hybridized carbons (Fsp3) is 1.00. The molecule has 0 heterocycles. The summed E-state index contributed by atoms with van der Waals surface area (Å²) in [6.07, 6.45) is 1.24. The van der Waals surface area contributed by atoms with Crippen LogP contribution in [-0.2, 0) is 0 Å². The molecule has 66 valence electrons. The van der Waals surface area contributed by atoms with E-state index in [1.165, 1.54) is 13.5 Å². The molecule has 10 heavy (non-hydrogen) atoms. The molecule has 0 aliphatic carbocycles. The van der Waals surface area contributed by atoms with E-state index in [-0.39, 0.29) is 0 Å². The number of hydrogen-bond acceptors (Lipinski definition) is 2. The molecule has 0 saturated carbocycles. The van der Waals surface area contributed by atoms with Gasteiger partial charge >= 0.3 is 0 Å². The van der Waals surface area contributed by atoms with Crippen LogP contribution in [-0.4, -0.2) is 20.1 Å². The third-order valence-corrected chi connectivity index (χ3v) is 0.677. The van der Waals surface area contributed by atoms with Gasteiger partial charge in [0.1, 0.15) is 0 Å². The van der Waals surface area contributed by atoms with Crippen molar-refractivity contribution in [1.29, 1.82) is 0 Å². The van der Waals surface area contributed by atoms with Crippen LogP contribution in [0.15, 0.2) is 0 Å². The third-order valence-electron chi connectivity index (χ3n) is 0.677. The molecule has 0 rings (SSSR count). The monoisotopic (exact) mass is 148 g/mol. The molecule has 0 amide bonds. The fourth-order valence-corrected chi connectivity index (χ4v) is 0.354. The lowest BCUT2D eigenvalue weighted by Gasteiger charge is -1.91. The molecule has 2 heteroatoms. The Morgan fingerprint density at radius 1 is 1.10 bits per heavy atom. The quantitative estimate of drug-likeness (QED) is 0.597. The maximum Gasteiger partial charge on any atom is -0.00517 e. The average molecular weight is 148 g/mol. The number of rotatable bonds is 3. The Morgan fingerprint density at radius 2 is 1.50 bits per heavy atom. The molecule has 0 atom stereocenters. The zero-order chi connectivity index (χ0) is 8.83. The van der Waals surface area contributed by atoms with Crippen molar-refractivity contribution in [3.8, 4) is 0 Å². The van der Waals surface area contributed by atoms with Gasteiger partial charge in [-0.3, -0.25) is 0 Å². The second-order valence-corrected chi connectivity index (χ2v) is 1.35. The van der Waals surface area contributed by atoms with Gasteiger partial charge in [-0.2, -0.15) is 0 Å². The third kappa shape index (κ3) is 44.5. The Morgan fingerprint density at radius 3 is 1.60 bits per heavy atom. The second kappa shape index (κ2) is 36.4. The first-order valence-electron chi connectivity index (χ1n) is 4.20. The van der Waals surface area contributed by atoms with E-state index in [1.807, 2.05) is 13.8 Å². The van der Waals surface area contributed by atoms with Crippen molar-refractivity contribution < 1.29 is 0 Å². The fourth-order valence-electron chi connectivity index (χ4n) is 0.354. The Kier molecular flexibility index (Phi) is 60.0. The van der Waals surface area contributed by atoms with Crippen molar-refractivity contribution >= 4 is 0 Å². The maximum atomic E-state index is 4.50. The topological polar surface area (TPSA) is 38.0 Å². The van der Waals surface area contributed by atoms with Crippen LogP contribution in [0.5, 0.6) is 0 Å². The van der Waals surface area contributed by atoms with E-state index >= 15 is 0 Å². The van der Waals surface area contributed by atoms with Gasteiger partial charge < -0.3 is 11.1 Å². The summed E-state index contributed by atoms with van der Waals surface area (Å²) in [5.74, 6) is 0. The Balaban J connectivity index is -0.000000105. The van der Waals surface area contributed by atoms with E-state index < -0.39 is 0 Å². The van der Waals surface area contributed by atoms with Gasteiger partial charge in [-0.15, -0.1) is 0 Å². The van der Waals surface area contributed by atoms with Crippen LogP contribution in [0.25, 0.3) is 0 Å². The van der Waals surface area contributed by atoms with Crippen LogP contribution >= 0.6 is 0 Å². The van der Waals surface area contributed by atoms with E-state index in [0.29, 0.717) is 0 Å². The predicted molar refractivity (Wildman–Crippen MR) is 50.3 cm³/mol. The summed E-state index contributed by atoms with van der Waals surface area (Å²) < 4.78 is 0. The molecule has 3 N–H and O–H groups in total. The maximum absolute atomic E-state index is 4.50. The van der Waals surface area contributed by atoms with E-state index in [2.05, 4.69) is 24.9 Å². The number of nitrogens with two attached hydrogens (primary N) is 1. The number of nitrogens with one attached hydrogen (secondary N) is 1. The molecule has 0 bridgehead atoms. The smallest absolute Gasteiger partial charge is 0.00517 e. The molecule has 0 aliphatic rings. The summed E-state index contributed by atoms with van der Waals surface area (Å²) >= 11 is 0. The summed E-state index contributed by atoms with van der Waals surface area (Å²) in [4.78, 5) is 0. The van der Waals surface area contributed by atoms with Crippen LogP contribution in [0.2, 0.25) is 0 Å². The van der Waals surface area contributed by atoms with Crippen molar-refractivity contribution in [3.63, 3.8) is 0 Å². The van der Waals surface area contributed by atoms with Crippen molar-refractivity contribution in [2.24, 2.45) is 5.73 Å². The van der Waals surface area contributed by atoms with E-state index in [9.17, 15) is 0 Å². The van der Waals surface area contributed by atoms with Gasteiger partial charge in [-0.1, -0.05) is 27.7 Å². The zero-order valence-corrected chi connectivity index (χ0v) is 8.20. The SMILES string of the molecule is CC.CCCNCC.CN. The Bertz CT molecular complexity index is 19.2. The second-order valence-electron chi connectivity index (χ2n) is 1.35. The van der Waals surface area contributed by atoms with Gasteiger partial charge in [0.05, 0.1) is 0 Å². The van der Waals surface area contributed by atoms with Gasteiger partial charge in [0, 0.05) is 0 Å². The average Bonchev–Trinajstić information content (AvgIpc) is 2.08. The molecule has 0 radical (unpaired) electrons. The lowest BCUT2D eigenvalue weighted by Crippen LogP contribution is -2.12. The highest BCUT2D eigenvalue weighted by atomic mass is 14.8. The molecule has 0 aliphatic heterocycles. The summed E-state index contributed by atoms with van der Waals surface area (Å²) in [6, 6.07) is 0. The minimum atomic E-state index is 1.10. The Labute approximate surface area is 66.2 Å². The van der Waals surface area contributed by atoms with E-state index in [0.717, 1.165) is 13.1 Å². The highest BCUT2D eigenvalue weighted by molar-refractivity contribution is 4.35. The summed E-state index contributed by atoms with van der Waals surface area (Å²) in [5.41, 5.74) is 4.50. The molecular formula is C8H24N2. The molecule has 0 unspecified atom stereocenters. The van der Waals surface area contributed by atoms with Crippen LogP contribution < -0.4 is 11.1 Å². The predicted octanol–water partition coefficient (Wildman–Crippen LogP) is 1.61. The molecule has 0 aromatic carbocycles. The standard InChI is InChI=1S/C5H13N.C2H6.CH5N/c1-3-5-6-4-2;2*1-2/h6H,3-5H2,1-2H3;1-2H3;2H2,1H3. The van der Waals surface area contributed by atoms with Crippen molar-refractivity contribution in [1.82, 2.24) is 5.32 Å². The molecule has 2 nitrogen and oxygen atoms in total. The van der Waals surface area contributed by atoms with Gasteiger partial charge in [0.2, 0.25) is 0 Å². The first kappa shape index (κ1) is 16.5. The molecule has 0 aromatic heterocycles. The van der Waals surface area contributed by atoms with Crippen molar-refractivity contribution in [2.45, 2.75) is 34.1 Å².